The van der Waals surface area contributed by atoms with Gasteiger partial charge in [-0.15, -0.1) is 0 Å². The first-order valence-corrected chi connectivity index (χ1v) is 6.85. The maximum absolute atomic E-state index is 11.8. The molecule has 1 amide bonds. The zero-order chi connectivity index (χ0) is 14.3. The average Bonchev–Trinajstić information content (AvgIpc) is 2.38. The van der Waals surface area contributed by atoms with Crippen molar-refractivity contribution in [2.75, 3.05) is 12.3 Å². The summed E-state index contributed by atoms with van der Waals surface area (Å²) in [5, 5.41) is 2.88. The summed E-state index contributed by atoms with van der Waals surface area (Å²) >= 11 is 0. The van der Waals surface area contributed by atoms with Crippen molar-refractivity contribution in [1.82, 2.24) is 5.32 Å². The molecule has 0 aliphatic rings. The van der Waals surface area contributed by atoms with E-state index in [4.69, 9.17) is 10.5 Å². The molecular weight excluding hydrogens is 240 g/mol. The Balaban J connectivity index is 2.47. The van der Waals surface area contributed by atoms with E-state index in [1.54, 1.807) is 13.0 Å². The van der Waals surface area contributed by atoms with Crippen LogP contribution in [0.1, 0.15) is 38.7 Å². The highest BCUT2D eigenvalue weighted by Crippen LogP contribution is 2.21. The minimum Gasteiger partial charge on any atom is -0.481 e. The number of carbonyl (C=O) groups excluding carboxylic acids is 1. The summed E-state index contributed by atoms with van der Waals surface area (Å²) in [7, 11) is 0. The average molecular weight is 264 g/mol. The van der Waals surface area contributed by atoms with Crippen molar-refractivity contribution in [3.63, 3.8) is 0 Å². The van der Waals surface area contributed by atoms with E-state index in [0.717, 1.165) is 24.8 Å². The zero-order valence-electron chi connectivity index (χ0n) is 12.0. The van der Waals surface area contributed by atoms with Crippen molar-refractivity contribution in [3.8, 4) is 5.75 Å². The number of rotatable bonds is 7. The molecule has 0 fully saturated rings. The summed E-state index contributed by atoms with van der Waals surface area (Å²) < 4.78 is 5.65. The molecule has 1 rings (SSSR count). The van der Waals surface area contributed by atoms with E-state index < -0.39 is 6.10 Å². The van der Waals surface area contributed by atoms with Gasteiger partial charge in [-0.1, -0.05) is 25.8 Å². The van der Waals surface area contributed by atoms with E-state index in [2.05, 4.69) is 12.2 Å². The number of benzene rings is 1. The summed E-state index contributed by atoms with van der Waals surface area (Å²) in [5.41, 5.74) is 7.32. The van der Waals surface area contributed by atoms with Gasteiger partial charge < -0.3 is 15.8 Å². The molecule has 4 nitrogen and oxygen atoms in total. The van der Waals surface area contributed by atoms with Crippen molar-refractivity contribution in [3.05, 3.63) is 23.8 Å². The summed E-state index contributed by atoms with van der Waals surface area (Å²) in [6, 6.07) is 5.45. The second-order valence-corrected chi connectivity index (χ2v) is 4.78. The fourth-order valence-corrected chi connectivity index (χ4v) is 1.72. The first-order chi connectivity index (χ1) is 9.04. The number of nitrogens with one attached hydrogen (secondary N) is 1. The molecule has 1 atom stereocenters. The molecular formula is C15H24N2O2. The Hall–Kier alpha value is -1.71. The van der Waals surface area contributed by atoms with Crippen LogP contribution in [0, 0.1) is 6.92 Å². The Bertz CT molecular complexity index is 419. The van der Waals surface area contributed by atoms with E-state index in [0.29, 0.717) is 18.0 Å². The lowest BCUT2D eigenvalue weighted by Crippen LogP contribution is -2.36. The van der Waals surface area contributed by atoms with E-state index in [-0.39, 0.29) is 5.91 Å². The van der Waals surface area contributed by atoms with Crippen LogP contribution in [0.3, 0.4) is 0 Å². The van der Waals surface area contributed by atoms with Crippen molar-refractivity contribution in [2.45, 2.75) is 46.1 Å². The number of nitrogen functional groups attached to an aromatic ring is 1. The van der Waals surface area contributed by atoms with Gasteiger partial charge in [0.2, 0.25) is 0 Å². The topological polar surface area (TPSA) is 64.3 Å². The molecule has 1 unspecified atom stereocenters. The number of ether oxygens (including phenoxy) is 1. The van der Waals surface area contributed by atoms with Crippen molar-refractivity contribution in [1.29, 1.82) is 0 Å². The van der Waals surface area contributed by atoms with E-state index in [1.165, 1.54) is 0 Å². The number of amides is 1. The number of unbranched alkanes of at least 4 members (excludes halogenated alkanes) is 2. The van der Waals surface area contributed by atoms with Gasteiger partial charge in [0.1, 0.15) is 5.75 Å². The maximum atomic E-state index is 11.8. The third-order valence-corrected chi connectivity index (χ3v) is 2.96. The third-order valence-electron chi connectivity index (χ3n) is 2.96. The fraction of sp³-hybridized carbons (Fsp3) is 0.533. The summed E-state index contributed by atoms with van der Waals surface area (Å²) in [6.45, 7) is 6.52. The third kappa shape index (κ3) is 5.20. The van der Waals surface area contributed by atoms with Gasteiger partial charge in [0.25, 0.3) is 5.91 Å². The minimum absolute atomic E-state index is 0.0853. The fourth-order valence-electron chi connectivity index (χ4n) is 1.72. The first kappa shape index (κ1) is 15.3. The number of hydrogen-bond donors (Lipinski definition) is 2. The summed E-state index contributed by atoms with van der Waals surface area (Å²) in [5.74, 6) is 0.578. The molecule has 0 aliphatic heterocycles. The van der Waals surface area contributed by atoms with Crippen molar-refractivity contribution < 1.29 is 9.53 Å². The predicted molar refractivity (Wildman–Crippen MR) is 78.2 cm³/mol. The highest BCUT2D eigenvalue weighted by molar-refractivity contribution is 5.80. The second kappa shape index (κ2) is 7.67. The van der Waals surface area contributed by atoms with E-state index in [1.807, 2.05) is 19.1 Å². The lowest BCUT2D eigenvalue weighted by atomic mass is 10.2. The Labute approximate surface area is 115 Å². The van der Waals surface area contributed by atoms with Crippen LogP contribution < -0.4 is 15.8 Å². The van der Waals surface area contributed by atoms with Gasteiger partial charge in [-0.2, -0.15) is 0 Å². The Morgan fingerprint density at radius 1 is 1.42 bits per heavy atom. The number of carbonyl (C=O) groups is 1. The second-order valence-electron chi connectivity index (χ2n) is 4.78. The molecule has 0 aliphatic carbocycles. The highest BCUT2D eigenvalue weighted by Gasteiger charge is 2.15. The molecule has 4 heteroatoms. The number of hydrogen-bond acceptors (Lipinski definition) is 3. The molecule has 3 N–H and O–H groups in total. The quantitative estimate of drug-likeness (QED) is 0.588. The van der Waals surface area contributed by atoms with Gasteiger partial charge in [0.05, 0.1) is 0 Å². The Morgan fingerprint density at radius 3 is 2.84 bits per heavy atom. The van der Waals surface area contributed by atoms with Gasteiger partial charge in [-0.25, -0.2) is 0 Å². The largest absolute Gasteiger partial charge is 0.481 e. The van der Waals surface area contributed by atoms with Gasteiger partial charge in [-0.3, -0.25) is 4.79 Å². The Kier molecular flexibility index (Phi) is 6.19. The summed E-state index contributed by atoms with van der Waals surface area (Å²) in [6.07, 6.45) is 2.77. The van der Waals surface area contributed by atoms with Gasteiger partial charge >= 0.3 is 0 Å². The van der Waals surface area contributed by atoms with Crippen LogP contribution in [-0.4, -0.2) is 18.6 Å². The van der Waals surface area contributed by atoms with Crippen LogP contribution in [-0.2, 0) is 4.79 Å². The summed E-state index contributed by atoms with van der Waals surface area (Å²) in [4.78, 5) is 11.8. The lowest BCUT2D eigenvalue weighted by molar-refractivity contribution is -0.127. The zero-order valence-corrected chi connectivity index (χ0v) is 12.0. The molecule has 0 saturated carbocycles. The van der Waals surface area contributed by atoms with Crippen LogP contribution in [0.25, 0.3) is 0 Å². The normalized spacial score (nSPS) is 11.9. The molecule has 0 radical (unpaired) electrons. The standard InChI is InChI=1S/C15H24N2O2/c1-4-5-6-9-17-15(18)12(3)19-14-10-13(16)8-7-11(14)2/h7-8,10,12H,4-6,9,16H2,1-3H3,(H,17,18). The molecule has 19 heavy (non-hydrogen) atoms. The first-order valence-electron chi connectivity index (χ1n) is 6.85. The minimum atomic E-state index is -0.512. The molecule has 0 bridgehead atoms. The van der Waals surface area contributed by atoms with Crippen LogP contribution in [0.5, 0.6) is 5.75 Å². The molecule has 1 aromatic carbocycles. The van der Waals surface area contributed by atoms with Crippen molar-refractivity contribution in [2.24, 2.45) is 0 Å². The SMILES string of the molecule is CCCCCNC(=O)C(C)Oc1cc(N)ccc1C. The van der Waals surface area contributed by atoms with Gasteiger partial charge in [0.15, 0.2) is 6.10 Å². The number of anilines is 1. The monoisotopic (exact) mass is 264 g/mol. The van der Waals surface area contributed by atoms with Gasteiger partial charge in [0, 0.05) is 18.3 Å². The van der Waals surface area contributed by atoms with Crippen LogP contribution >= 0.6 is 0 Å². The van der Waals surface area contributed by atoms with Crippen molar-refractivity contribution >= 4 is 11.6 Å². The number of nitrogens with two attached hydrogens (primary N) is 1. The molecule has 0 spiro atoms. The van der Waals surface area contributed by atoms with Crippen LogP contribution in [0.4, 0.5) is 5.69 Å². The van der Waals surface area contributed by atoms with E-state index in [9.17, 15) is 4.79 Å². The van der Waals surface area contributed by atoms with Crippen LogP contribution in [0.2, 0.25) is 0 Å². The van der Waals surface area contributed by atoms with Gasteiger partial charge in [-0.05, 0) is 31.9 Å². The Morgan fingerprint density at radius 2 is 2.16 bits per heavy atom. The highest BCUT2D eigenvalue weighted by atomic mass is 16.5. The van der Waals surface area contributed by atoms with Crippen LogP contribution in [0.15, 0.2) is 18.2 Å². The predicted octanol–water partition coefficient (Wildman–Crippen LogP) is 2.65. The maximum Gasteiger partial charge on any atom is 0.260 e. The smallest absolute Gasteiger partial charge is 0.260 e. The molecule has 1 aromatic rings. The molecule has 0 saturated heterocycles. The van der Waals surface area contributed by atoms with E-state index >= 15 is 0 Å². The number of aryl methyl sites for hydroxylation is 1. The molecule has 0 heterocycles. The molecule has 106 valence electrons. The lowest BCUT2D eigenvalue weighted by Gasteiger charge is -2.16. The molecule has 0 aromatic heterocycles.